The third-order valence-electron chi connectivity index (χ3n) is 5.04. The number of carbonyl (C=O) groups is 2. The van der Waals surface area contributed by atoms with Gasteiger partial charge >= 0.3 is 0 Å². The van der Waals surface area contributed by atoms with Crippen molar-refractivity contribution in [3.05, 3.63) is 66.7 Å². The lowest BCUT2D eigenvalue weighted by molar-refractivity contribution is -0.113. The van der Waals surface area contributed by atoms with Gasteiger partial charge in [-0.3, -0.25) is 15.0 Å². The van der Waals surface area contributed by atoms with Gasteiger partial charge in [0.1, 0.15) is 0 Å². The van der Waals surface area contributed by atoms with Gasteiger partial charge < -0.3 is 0 Å². The van der Waals surface area contributed by atoms with Crippen LogP contribution in [0.1, 0.15) is 0 Å². The minimum absolute atomic E-state index is 0.509. The van der Waals surface area contributed by atoms with E-state index < -0.39 is 0 Å². The highest BCUT2D eigenvalue weighted by Crippen LogP contribution is 2.43. The number of hydrazine groups is 1. The van der Waals surface area contributed by atoms with E-state index in [1.54, 1.807) is 0 Å². The molecule has 0 aliphatic heterocycles. The molecule has 5 aromatic carbocycles. The van der Waals surface area contributed by atoms with Crippen LogP contribution in [0.25, 0.3) is 43.1 Å². The molecular formula is C22H14N2O2. The Morgan fingerprint density at radius 2 is 1.27 bits per heavy atom. The second-order valence-electron chi connectivity index (χ2n) is 6.29. The van der Waals surface area contributed by atoms with Crippen LogP contribution in [-0.2, 0) is 9.59 Å². The van der Waals surface area contributed by atoms with Gasteiger partial charge in [0.2, 0.25) is 12.8 Å². The molecule has 1 N–H and O–H groups in total. The maximum absolute atomic E-state index is 11.6. The molecule has 4 heteroatoms. The molecule has 0 saturated carbocycles. The topological polar surface area (TPSA) is 49.4 Å². The van der Waals surface area contributed by atoms with E-state index in [1.165, 1.54) is 15.8 Å². The molecule has 0 saturated heterocycles. The van der Waals surface area contributed by atoms with Crippen LogP contribution in [0.3, 0.4) is 0 Å². The summed E-state index contributed by atoms with van der Waals surface area (Å²) in [5.41, 5.74) is 3.13. The zero-order valence-corrected chi connectivity index (χ0v) is 13.8. The van der Waals surface area contributed by atoms with E-state index in [2.05, 4.69) is 54.0 Å². The van der Waals surface area contributed by atoms with Crippen molar-refractivity contribution >= 4 is 61.6 Å². The molecule has 0 aromatic heterocycles. The van der Waals surface area contributed by atoms with Crippen molar-refractivity contribution in [1.29, 1.82) is 0 Å². The molecule has 0 atom stereocenters. The normalized spacial score (nSPS) is 11.4. The van der Waals surface area contributed by atoms with Gasteiger partial charge in [0.05, 0.1) is 5.69 Å². The number of anilines is 1. The van der Waals surface area contributed by atoms with Gasteiger partial charge in [0.15, 0.2) is 0 Å². The first-order valence-electron chi connectivity index (χ1n) is 8.36. The van der Waals surface area contributed by atoms with Gasteiger partial charge in [-0.1, -0.05) is 60.7 Å². The second-order valence-corrected chi connectivity index (χ2v) is 6.29. The number of nitrogens with one attached hydrogen (secondary N) is 1. The standard InChI is InChI=1S/C22H14N2O2/c25-12-23-24(13-26)19-11-10-15-6-2-8-17-16-7-1-4-14-5-3-9-18(20(14)16)22(19)21(15)17/h1-13H,(H,23,25). The first kappa shape index (κ1) is 14.7. The van der Waals surface area contributed by atoms with E-state index >= 15 is 0 Å². The minimum Gasteiger partial charge on any atom is -0.277 e. The summed E-state index contributed by atoms with van der Waals surface area (Å²) in [6.07, 6.45) is 1.13. The van der Waals surface area contributed by atoms with Crippen molar-refractivity contribution in [1.82, 2.24) is 5.43 Å². The van der Waals surface area contributed by atoms with E-state index in [0.29, 0.717) is 18.5 Å². The first-order chi connectivity index (χ1) is 12.8. The zero-order valence-electron chi connectivity index (χ0n) is 13.8. The predicted octanol–water partition coefficient (Wildman–Crippen LogP) is 4.36. The Balaban J connectivity index is 2.11. The lowest BCUT2D eigenvalue weighted by Gasteiger charge is -2.21. The fourth-order valence-electron chi connectivity index (χ4n) is 4.05. The summed E-state index contributed by atoms with van der Waals surface area (Å²) in [5.74, 6) is 0. The molecule has 0 spiro atoms. The van der Waals surface area contributed by atoms with Crippen LogP contribution < -0.4 is 10.4 Å². The average Bonchev–Trinajstić information content (AvgIpc) is 2.70. The van der Waals surface area contributed by atoms with E-state index in [9.17, 15) is 9.59 Å². The molecule has 0 aliphatic carbocycles. The largest absolute Gasteiger partial charge is 0.277 e. The highest BCUT2D eigenvalue weighted by molar-refractivity contribution is 6.35. The van der Waals surface area contributed by atoms with Gasteiger partial charge in [-0.2, -0.15) is 0 Å². The Bertz CT molecular complexity index is 1300. The molecule has 0 unspecified atom stereocenters. The molecule has 0 radical (unpaired) electrons. The van der Waals surface area contributed by atoms with E-state index in [-0.39, 0.29) is 0 Å². The monoisotopic (exact) mass is 338 g/mol. The van der Waals surface area contributed by atoms with Crippen LogP contribution in [0.2, 0.25) is 0 Å². The van der Waals surface area contributed by atoms with Crippen molar-refractivity contribution in [3.8, 4) is 0 Å². The third-order valence-corrected chi connectivity index (χ3v) is 5.04. The maximum Gasteiger partial charge on any atom is 0.232 e. The van der Waals surface area contributed by atoms with Crippen LogP contribution in [-0.4, -0.2) is 12.8 Å². The van der Waals surface area contributed by atoms with Crippen molar-refractivity contribution < 1.29 is 9.59 Å². The average molecular weight is 338 g/mol. The molecule has 5 rings (SSSR count). The van der Waals surface area contributed by atoms with Crippen molar-refractivity contribution in [3.63, 3.8) is 0 Å². The Kier molecular flexibility index (Phi) is 3.06. The minimum atomic E-state index is 0.509. The van der Waals surface area contributed by atoms with Crippen molar-refractivity contribution in [2.45, 2.75) is 0 Å². The summed E-state index contributed by atoms with van der Waals surface area (Å²) < 4.78 is 0. The first-order valence-corrected chi connectivity index (χ1v) is 8.36. The number of amides is 2. The highest BCUT2D eigenvalue weighted by atomic mass is 16.2. The number of rotatable bonds is 4. The number of nitrogens with zero attached hydrogens (tertiary/aromatic N) is 1. The fourth-order valence-corrected chi connectivity index (χ4v) is 4.05. The van der Waals surface area contributed by atoms with Gasteiger partial charge in [0.25, 0.3) is 0 Å². The summed E-state index contributed by atoms with van der Waals surface area (Å²) >= 11 is 0. The molecule has 0 bridgehead atoms. The Labute approximate surface area is 148 Å². The number of fused-ring (bicyclic) bond motifs is 2. The van der Waals surface area contributed by atoms with Crippen molar-refractivity contribution in [2.24, 2.45) is 0 Å². The van der Waals surface area contributed by atoms with Crippen molar-refractivity contribution in [2.75, 3.05) is 5.01 Å². The number of hydrogen-bond donors (Lipinski definition) is 1. The third kappa shape index (κ3) is 1.84. The molecular weight excluding hydrogens is 324 g/mol. The summed E-state index contributed by atoms with van der Waals surface area (Å²) in [4.78, 5) is 22.6. The summed E-state index contributed by atoms with van der Waals surface area (Å²) in [6.45, 7) is 0. The molecule has 0 aliphatic rings. The van der Waals surface area contributed by atoms with E-state index in [0.717, 1.165) is 32.3 Å². The summed E-state index contributed by atoms with van der Waals surface area (Å²) in [5, 5.41) is 10.1. The fraction of sp³-hybridized carbons (Fsp3) is 0. The number of carbonyl (C=O) groups excluding carboxylic acids is 2. The van der Waals surface area contributed by atoms with E-state index in [4.69, 9.17) is 0 Å². The van der Waals surface area contributed by atoms with Crippen LogP contribution in [0.5, 0.6) is 0 Å². The maximum atomic E-state index is 11.6. The highest BCUT2D eigenvalue weighted by Gasteiger charge is 2.17. The number of benzene rings is 5. The van der Waals surface area contributed by atoms with Gasteiger partial charge in [-0.25, -0.2) is 5.01 Å². The molecule has 0 fully saturated rings. The SMILES string of the molecule is O=CNN(C=O)c1ccc2cccc3c4cccc5cccc(c1c23)c54. The zero-order chi connectivity index (χ0) is 17.7. The van der Waals surface area contributed by atoms with Crippen LogP contribution in [0.15, 0.2) is 66.7 Å². The molecule has 2 amide bonds. The lowest BCUT2D eigenvalue weighted by atomic mass is 9.89. The quantitative estimate of drug-likeness (QED) is 0.229. The van der Waals surface area contributed by atoms with Crippen LogP contribution in [0.4, 0.5) is 5.69 Å². The van der Waals surface area contributed by atoms with Gasteiger partial charge in [-0.15, -0.1) is 0 Å². The molecule has 0 heterocycles. The molecule has 5 aromatic rings. The molecule has 26 heavy (non-hydrogen) atoms. The van der Waals surface area contributed by atoms with Gasteiger partial charge in [0, 0.05) is 5.39 Å². The van der Waals surface area contributed by atoms with Crippen LogP contribution >= 0.6 is 0 Å². The van der Waals surface area contributed by atoms with Gasteiger partial charge in [-0.05, 0) is 43.8 Å². The lowest BCUT2D eigenvalue weighted by Crippen LogP contribution is -2.35. The van der Waals surface area contributed by atoms with Crippen LogP contribution in [0, 0.1) is 0 Å². The number of hydrogen-bond acceptors (Lipinski definition) is 2. The second kappa shape index (κ2) is 5.43. The Morgan fingerprint density at radius 3 is 1.92 bits per heavy atom. The molecule has 124 valence electrons. The summed E-state index contributed by atoms with van der Waals surface area (Å²) in [6, 6.07) is 22.6. The predicted molar refractivity (Wildman–Crippen MR) is 105 cm³/mol. The smallest absolute Gasteiger partial charge is 0.232 e. The Morgan fingerprint density at radius 1 is 0.654 bits per heavy atom. The summed E-state index contributed by atoms with van der Waals surface area (Å²) in [7, 11) is 0. The van der Waals surface area contributed by atoms with E-state index in [1.807, 2.05) is 18.2 Å². The Hall–Kier alpha value is -3.66. The molecule has 4 nitrogen and oxygen atoms in total.